The molecule has 1 aliphatic rings. The Labute approximate surface area is 171 Å². The maximum absolute atomic E-state index is 12.0. The largest absolute Gasteiger partial charge is 0.351 e. The average molecular weight is 470 g/mol. The van der Waals surface area contributed by atoms with Crippen LogP contribution in [0.15, 0.2) is 50.1 Å². The molecule has 1 aromatic heterocycles. The highest BCUT2D eigenvalue weighted by atomic mass is 79.9. The Balaban J connectivity index is 1.36. The van der Waals surface area contributed by atoms with Gasteiger partial charge in [0.1, 0.15) is 5.84 Å². The number of nitrogens with zero attached hydrogens (tertiary/aromatic N) is 1. The van der Waals surface area contributed by atoms with Crippen LogP contribution in [0.25, 0.3) is 0 Å². The second kappa shape index (κ2) is 8.99. The number of fused-ring (bicyclic) bond motifs is 1. The number of thiophene rings is 1. The fourth-order valence-corrected chi connectivity index (χ4v) is 5.38. The Kier molecular flexibility index (Phi) is 6.67. The zero-order chi connectivity index (χ0) is 19.3. The van der Waals surface area contributed by atoms with Gasteiger partial charge in [0.15, 0.2) is 0 Å². The third-order valence-electron chi connectivity index (χ3n) is 4.08. The van der Waals surface area contributed by atoms with Crippen LogP contribution in [0.4, 0.5) is 0 Å². The molecule has 0 unspecified atom stereocenters. The van der Waals surface area contributed by atoms with E-state index in [2.05, 4.69) is 31.0 Å². The van der Waals surface area contributed by atoms with Crippen molar-refractivity contribution in [3.05, 3.63) is 50.6 Å². The lowest BCUT2D eigenvalue weighted by Gasteiger charge is -2.03. The molecule has 27 heavy (non-hydrogen) atoms. The van der Waals surface area contributed by atoms with Gasteiger partial charge in [-0.1, -0.05) is 18.6 Å². The van der Waals surface area contributed by atoms with Gasteiger partial charge < -0.3 is 5.32 Å². The number of aliphatic imine (C=N–C) groups is 1. The maximum Gasteiger partial charge on any atom is 0.263 e. The van der Waals surface area contributed by atoms with Crippen molar-refractivity contribution in [2.75, 3.05) is 6.54 Å². The van der Waals surface area contributed by atoms with Crippen molar-refractivity contribution in [1.29, 1.82) is 0 Å². The van der Waals surface area contributed by atoms with Crippen molar-refractivity contribution in [1.82, 2.24) is 10.0 Å². The number of hydrogen-bond acceptors (Lipinski definition) is 5. The monoisotopic (exact) mass is 469 g/mol. The van der Waals surface area contributed by atoms with Gasteiger partial charge in [0.25, 0.3) is 10.0 Å². The van der Waals surface area contributed by atoms with Crippen LogP contribution in [0.5, 0.6) is 0 Å². The summed E-state index contributed by atoms with van der Waals surface area (Å²) in [6.07, 6.45) is 2.94. The van der Waals surface area contributed by atoms with E-state index in [0.29, 0.717) is 30.9 Å². The van der Waals surface area contributed by atoms with E-state index < -0.39 is 10.0 Å². The van der Waals surface area contributed by atoms with E-state index in [4.69, 9.17) is 0 Å². The quantitative estimate of drug-likeness (QED) is 0.580. The van der Waals surface area contributed by atoms with Crippen LogP contribution in [-0.2, 0) is 21.4 Å². The summed E-state index contributed by atoms with van der Waals surface area (Å²) in [5.74, 6) is 0.453. The summed E-state index contributed by atoms with van der Waals surface area (Å²) in [6, 6.07) is 8.82. The minimum Gasteiger partial charge on any atom is -0.351 e. The minimum atomic E-state index is -3.48. The molecule has 1 aromatic carbocycles. The molecule has 0 radical (unpaired) electrons. The number of amidine groups is 1. The Morgan fingerprint density at radius 2 is 2.04 bits per heavy atom. The van der Waals surface area contributed by atoms with Crippen LogP contribution < -0.4 is 10.0 Å². The molecule has 0 bridgehead atoms. The molecular formula is C18H20BrN3O3S2. The highest BCUT2D eigenvalue weighted by molar-refractivity contribution is 9.10. The molecule has 0 aliphatic carbocycles. The molecule has 0 saturated heterocycles. The molecule has 0 fully saturated rings. The highest BCUT2D eigenvalue weighted by Crippen LogP contribution is 2.22. The number of nitrogens with one attached hydrogen (secondary N) is 2. The molecule has 6 nitrogen and oxygen atoms in total. The average Bonchev–Trinajstić information content (AvgIpc) is 3.17. The smallest absolute Gasteiger partial charge is 0.263 e. The van der Waals surface area contributed by atoms with E-state index in [1.54, 1.807) is 35.6 Å². The Morgan fingerprint density at radius 1 is 1.22 bits per heavy atom. The van der Waals surface area contributed by atoms with E-state index >= 15 is 0 Å². The van der Waals surface area contributed by atoms with Crippen molar-refractivity contribution < 1.29 is 13.2 Å². The van der Waals surface area contributed by atoms with Crippen molar-refractivity contribution in [2.24, 2.45) is 4.99 Å². The fraction of sp³-hybridized carbons (Fsp3) is 0.333. The summed E-state index contributed by atoms with van der Waals surface area (Å²) < 4.78 is 27.5. The molecule has 0 atom stereocenters. The lowest BCUT2D eigenvalue weighted by Crippen LogP contribution is -2.22. The van der Waals surface area contributed by atoms with Crippen LogP contribution in [-0.4, -0.2) is 26.7 Å². The molecule has 144 valence electrons. The number of benzene rings is 1. The Bertz CT molecular complexity index is 954. The third-order valence-corrected chi connectivity index (χ3v) is 7.17. The first kappa shape index (κ1) is 20.0. The summed E-state index contributed by atoms with van der Waals surface area (Å²) >= 11 is 5.00. The van der Waals surface area contributed by atoms with Crippen LogP contribution in [0.3, 0.4) is 0 Å². The van der Waals surface area contributed by atoms with Crippen molar-refractivity contribution in [3.63, 3.8) is 0 Å². The van der Waals surface area contributed by atoms with Gasteiger partial charge in [0, 0.05) is 33.3 Å². The summed E-state index contributed by atoms with van der Waals surface area (Å²) in [6.45, 7) is 1.08. The molecule has 2 heterocycles. The van der Waals surface area contributed by atoms with E-state index in [9.17, 15) is 13.2 Å². The van der Waals surface area contributed by atoms with Gasteiger partial charge in [-0.05, 0) is 47.0 Å². The molecular weight excluding hydrogens is 450 g/mol. The second-order valence-electron chi connectivity index (χ2n) is 6.15. The number of amides is 1. The topological polar surface area (TPSA) is 87.6 Å². The van der Waals surface area contributed by atoms with E-state index in [0.717, 1.165) is 28.6 Å². The molecule has 0 spiro atoms. The molecule has 1 amide bonds. The minimum absolute atomic E-state index is 0.0447. The number of rotatable bonds is 8. The molecule has 1 aliphatic heterocycles. The van der Waals surface area contributed by atoms with Gasteiger partial charge in [-0.15, -0.1) is 11.3 Å². The van der Waals surface area contributed by atoms with E-state index in [-0.39, 0.29) is 10.8 Å². The van der Waals surface area contributed by atoms with Crippen LogP contribution in [0.1, 0.15) is 36.1 Å². The second-order valence-corrected chi connectivity index (χ2v) is 9.71. The van der Waals surface area contributed by atoms with Gasteiger partial charge in [0.2, 0.25) is 5.91 Å². The molecule has 0 saturated carbocycles. The first-order valence-electron chi connectivity index (χ1n) is 8.62. The number of unbranched alkanes of at least 4 members (excludes halogenated alkanes) is 2. The van der Waals surface area contributed by atoms with E-state index in [1.165, 1.54) is 0 Å². The number of hydrogen-bond donors (Lipinski definition) is 2. The summed E-state index contributed by atoms with van der Waals surface area (Å²) in [7, 11) is -3.48. The van der Waals surface area contributed by atoms with E-state index in [1.807, 2.05) is 11.4 Å². The number of sulfonamides is 1. The first-order chi connectivity index (χ1) is 13.0. The standard InChI is InChI=1S/C18H20BrN3O3S2/c19-13-10-14(26-12-13)11-21-17(23)8-2-1-5-9-20-18-15-6-3-4-7-16(15)27(24,25)22-18/h3-4,6-7,10,12H,1-2,5,8-9,11H2,(H,20,22)(H,21,23). The molecule has 2 N–H and O–H groups in total. The van der Waals surface area contributed by atoms with Crippen LogP contribution in [0, 0.1) is 0 Å². The van der Waals surface area contributed by atoms with Gasteiger partial charge in [-0.25, -0.2) is 8.42 Å². The zero-order valence-electron chi connectivity index (χ0n) is 14.6. The van der Waals surface area contributed by atoms with Gasteiger partial charge in [-0.2, -0.15) is 0 Å². The van der Waals surface area contributed by atoms with Gasteiger partial charge in [-0.3, -0.25) is 14.5 Å². The fourth-order valence-electron chi connectivity index (χ4n) is 2.74. The maximum atomic E-state index is 12.0. The Morgan fingerprint density at radius 3 is 2.81 bits per heavy atom. The number of carbonyl (C=O) groups is 1. The predicted octanol–water partition coefficient (Wildman–Crippen LogP) is 3.43. The highest BCUT2D eigenvalue weighted by Gasteiger charge is 2.29. The molecule has 2 aromatic rings. The van der Waals surface area contributed by atoms with Crippen molar-refractivity contribution >= 4 is 49.0 Å². The van der Waals surface area contributed by atoms with Gasteiger partial charge in [0.05, 0.1) is 11.4 Å². The Hall–Kier alpha value is -1.71. The predicted molar refractivity (Wildman–Crippen MR) is 111 cm³/mol. The normalized spacial score (nSPS) is 16.1. The molecule has 9 heteroatoms. The third kappa shape index (κ3) is 5.40. The summed E-state index contributed by atoms with van der Waals surface area (Å²) in [5.41, 5.74) is 0.622. The lowest BCUT2D eigenvalue weighted by molar-refractivity contribution is -0.121. The van der Waals surface area contributed by atoms with Crippen molar-refractivity contribution in [2.45, 2.75) is 37.1 Å². The summed E-state index contributed by atoms with van der Waals surface area (Å²) in [4.78, 5) is 17.6. The van der Waals surface area contributed by atoms with Crippen LogP contribution in [0.2, 0.25) is 0 Å². The van der Waals surface area contributed by atoms with Gasteiger partial charge >= 0.3 is 0 Å². The van der Waals surface area contributed by atoms with Crippen LogP contribution >= 0.6 is 27.3 Å². The number of halogens is 1. The van der Waals surface area contributed by atoms with Crippen molar-refractivity contribution in [3.8, 4) is 0 Å². The number of carbonyl (C=O) groups excluding carboxylic acids is 1. The first-order valence-corrected chi connectivity index (χ1v) is 11.8. The SMILES string of the molecule is O=C(CCCCCN=C1NS(=O)(=O)c2ccccc21)NCc1cc(Br)cs1. The zero-order valence-corrected chi connectivity index (χ0v) is 17.8. The summed E-state index contributed by atoms with van der Waals surface area (Å²) in [5, 5.41) is 4.91. The molecule has 3 rings (SSSR count). The lowest BCUT2D eigenvalue weighted by atomic mass is 10.2.